The molecule has 8 rings (SSSR count). The standard InChI is InChI=1S/C33H34N8O3/c1-37-13-6-7-25(20-37)38-16-12-22-17-23(8-10-27(22)38)35-33-34-19-26-31(36-33)41-24-9-11-29-28(18-24)39(30(42)21-44-29)14-4-2-3-5-15-40(41)32(26)43/h3,5,8-12,16-19,25H,2,4,6-7,13-15,20-21H2,1H3,(H,34,35,36). The molecule has 1 saturated heterocycles. The first-order valence-electron chi connectivity index (χ1n) is 15.3. The summed E-state index contributed by atoms with van der Waals surface area (Å²) in [6.45, 7) is 3.22. The number of likely N-dealkylation sites (tertiary alicyclic amines) is 1. The number of carbonyl (C=O) groups excluding carboxylic acids is 1. The molecule has 3 aliphatic rings. The van der Waals surface area contributed by atoms with Gasteiger partial charge in [0, 0.05) is 48.1 Å². The number of likely N-dealkylation sites (N-methyl/N-ethyl adjacent to an activating group) is 1. The Kier molecular flexibility index (Phi) is 6.48. The molecule has 5 aromatic rings. The summed E-state index contributed by atoms with van der Waals surface area (Å²) in [4.78, 5) is 40.0. The number of carbonyl (C=O) groups is 1. The highest BCUT2D eigenvalue weighted by Gasteiger charge is 2.27. The van der Waals surface area contributed by atoms with E-state index in [-0.39, 0.29) is 18.1 Å². The molecule has 0 radical (unpaired) electrons. The molecule has 11 heteroatoms. The van der Waals surface area contributed by atoms with Gasteiger partial charge in [0.25, 0.3) is 11.5 Å². The van der Waals surface area contributed by atoms with Crippen LogP contribution in [0.2, 0.25) is 0 Å². The van der Waals surface area contributed by atoms with Crippen molar-refractivity contribution in [3.05, 3.63) is 77.4 Å². The maximum absolute atomic E-state index is 13.6. The predicted octanol–water partition coefficient (Wildman–Crippen LogP) is 4.62. The zero-order valence-electron chi connectivity index (χ0n) is 24.6. The molecule has 6 heterocycles. The molecule has 11 nitrogen and oxygen atoms in total. The fourth-order valence-corrected chi connectivity index (χ4v) is 6.80. The molecule has 2 bridgehead atoms. The molecule has 3 aliphatic heterocycles. The Balaban J connectivity index is 1.18. The highest BCUT2D eigenvalue weighted by molar-refractivity contribution is 5.98. The average Bonchev–Trinajstić information content (AvgIpc) is 3.57. The second-order valence-corrected chi connectivity index (χ2v) is 11.9. The van der Waals surface area contributed by atoms with Crippen molar-refractivity contribution in [2.75, 3.05) is 43.5 Å². The average molecular weight is 591 g/mol. The quantitative estimate of drug-likeness (QED) is 0.306. The molecule has 1 fully saturated rings. The minimum atomic E-state index is -0.175. The summed E-state index contributed by atoms with van der Waals surface area (Å²) in [5.74, 6) is 0.978. The Hall–Kier alpha value is -4.90. The van der Waals surface area contributed by atoms with Gasteiger partial charge in [0.1, 0.15) is 11.1 Å². The lowest BCUT2D eigenvalue weighted by Gasteiger charge is -2.31. The number of ether oxygens (including phenoxy) is 1. The van der Waals surface area contributed by atoms with E-state index in [0.29, 0.717) is 53.2 Å². The zero-order chi connectivity index (χ0) is 29.8. The summed E-state index contributed by atoms with van der Waals surface area (Å²) in [5, 5.41) is 4.94. The number of nitrogens with one attached hydrogen (secondary N) is 1. The fourth-order valence-electron chi connectivity index (χ4n) is 6.80. The van der Waals surface area contributed by atoms with Gasteiger partial charge in [-0.2, -0.15) is 4.98 Å². The molecule has 1 atom stereocenters. The molecule has 0 aliphatic carbocycles. The largest absolute Gasteiger partial charge is 0.482 e. The van der Waals surface area contributed by atoms with Gasteiger partial charge in [-0.3, -0.25) is 9.59 Å². The first kappa shape index (κ1) is 26.7. The summed E-state index contributed by atoms with van der Waals surface area (Å²) in [5.41, 5.74) is 3.81. The molecule has 0 saturated carbocycles. The highest BCUT2D eigenvalue weighted by Crippen LogP contribution is 2.35. The second kappa shape index (κ2) is 10.7. The van der Waals surface area contributed by atoms with Crippen LogP contribution in [-0.4, -0.2) is 68.0 Å². The van der Waals surface area contributed by atoms with Crippen LogP contribution in [0.25, 0.3) is 27.6 Å². The number of nitrogens with zero attached hydrogens (tertiary/aromatic N) is 7. The van der Waals surface area contributed by atoms with Gasteiger partial charge in [0.05, 0.1) is 17.9 Å². The molecule has 1 amide bonds. The van der Waals surface area contributed by atoms with Gasteiger partial charge in [0.2, 0.25) is 5.95 Å². The van der Waals surface area contributed by atoms with E-state index in [0.717, 1.165) is 37.0 Å². The molecular formula is C33H34N8O3. The van der Waals surface area contributed by atoms with Crippen molar-refractivity contribution in [3.8, 4) is 11.4 Å². The highest BCUT2D eigenvalue weighted by atomic mass is 16.5. The SMILES string of the molecule is CN1CCCC(n2ccc3cc(Nc4ncc5c(=O)n6n(c5n4)-c4ccc5c(c4)N(CCCC=CC6)C(=O)CO5)ccc32)C1. The molecule has 1 unspecified atom stereocenters. The number of rotatable bonds is 3. The van der Waals surface area contributed by atoms with Crippen LogP contribution in [0.4, 0.5) is 17.3 Å². The number of benzene rings is 2. The van der Waals surface area contributed by atoms with Gasteiger partial charge >= 0.3 is 0 Å². The van der Waals surface area contributed by atoms with Crippen LogP contribution in [0, 0.1) is 0 Å². The zero-order valence-corrected chi connectivity index (χ0v) is 24.6. The second-order valence-electron chi connectivity index (χ2n) is 11.9. The van der Waals surface area contributed by atoms with Crippen LogP contribution in [0.3, 0.4) is 0 Å². The number of hydrogen-bond donors (Lipinski definition) is 1. The summed E-state index contributed by atoms with van der Waals surface area (Å²) >= 11 is 0. The number of aromatic nitrogens is 5. The Labute approximate surface area is 253 Å². The number of hydrogen-bond acceptors (Lipinski definition) is 7. The minimum Gasteiger partial charge on any atom is -0.482 e. The van der Waals surface area contributed by atoms with E-state index in [1.54, 1.807) is 15.8 Å². The predicted molar refractivity (Wildman–Crippen MR) is 170 cm³/mol. The normalized spacial score (nSPS) is 19.0. The van der Waals surface area contributed by atoms with Crippen LogP contribution < -0.4 is 20.5 Å². The molecule has 3 aromatic heterocycles. The fraction of sp³-hybridized carbons (Fsp3) is 0.333. The van der Waals surface area contributed by atoms with Crippen molar-refractivity contribution in [1.29, 1.82) is 0 Å². The van der Waals surface area contributed by atoms with Crippen LogP contribution in [0.5, 0.6) is 5.75 Å². The van der Waals surface area contributed by atoms with E-state index >= 15 is 0 Å². The first-order valence-corrected chi connectivity index (χ1v) is 15.3. The van der Waals surface area contributed by atoms with Crippen molar-refractivity contribution in [2.45, 2.75) is 38.3 Å². The first-order chi connectivity index (χ1) is 21.5. The lowest BCUT2D eigenvalue weighted by Crippen LogP contribution is -2.39. The van der Waals surface area contributed by atoms with Gasteiger partial charge in [-0.1, -0.05) is 12.2 Å². The Morgan fingerprint density at radius 3 is 2.86 bits per heavy atom. The lowest BCUT2D eigenvalue weighted by atomic mass is 10.1. The van der Waals surface area contributed by atoms with Crippen LogP contribution in [0.15, 0.2) is 71.8 Å². The van der Waals surface area contributed by atoms with Gasteiger partial charge < -0.3 is 24.4 Å². The van der Waals surface area contributed by atoms with E-state index < -0.39 is 0 Å². The third kappa shape index (κ3) is 4.55. The van der Waals surface area contributed by atoms with Gasteiger partial charge in [-0.15, -0.1) is 0 Å². The van der Waals surface area contributed by atoms with Crippen molar-refractivity contribution in [2.24, 2.45) is 0 Å². The van der Waals surface area contributed by atoms with E-state index in [1.807, 2.05) is 29.0 Å². The van der Waals surface area contributed by atoms with Crippen LogP contribution in [0.1, 0.15) is 31.7 Å². The summed E-state index contributed by atoms with van der Waals surface area (Å²) < 4.78 is 11.6. The van der Waals surface area contributed by atoms with E-state index in [1.165, 1.54) is 18.4 Å². The number of anilines is 3. The van der Waals surface area contributed by atoms with E-state index in [4.69, 9.17) is 9.72 Å². The Morgan fingerprint density at radius 1 is 1.02 bits per heavy atom. The summed E-state index contributed by atoms with van der Waals surface area (Å²) in [6, 6.07) is 14.6. The number of piperidine rings is 1. The molecule has 0 spiro atoms. The number of amides is 1. The van der Waals surface area contributed by atoms with Gasteiger partial charge in [-0.05, 0) is 81.7 Å². The van der Waals surface area contributed by atoms with E-state index in [9.17, 15) is 9.59 Å². The Morgan fingerprint density at radius 2 is 1.95 bits per heavy atom. The molecular weight excluding hydrogens is 556 g/mol. The summed E-state index contributed by atoms with van der Waals surface area (Å²) in [6.07, 6.45) is 11.8. The van der Waals surface area contributed by atoms with Crippen molar-refractivity contribution < 1.29 is 9.53 Å². The third-order valence-electron chi connectivity index (χ3n) is 8.97. The number of fused-ring (bicyclic) bond motifs is 6. The van der Waals surface area contributed by atoms with Crippen LogP contribution in [-0.2, 0) is 11.3 Å². The minimum absolute atomic E-state index is 0.0238. The maximum Gasteiger partial charge on any atom is 0.278 e. The molecule has 2 aromatic carbocycles. The van der Waals surface area contributed by atoms with Gasteiger partial charge in [-0.25, -0.2) is 14.3 Å². The topological polar surface area (TPSA) is 102 Å². The monoisotopic (exact) mass is 590 g/mol. The van der Waals surface area contributed by atoms with Crippen molar-refractivity contribution in [3.63, 3.8) is 0 Å². The molecule has 1 N–H and O–H groups in total. The molecule has 224 valence electrons. The number of allylic oxidation sites excluding steroid dienone is 2. The smallest absolute Gasteiger partial charge is 0.278 e. The van der Waals surface area contributed by atoms with E-state index in [2.05, 4.69) is 63.4 Å². The Bertz CT molecular complexity index is 2000. The van der Waals surface area contributed by atoms with Crippen molar-refractivity contribution >= 4 is 45.2 Å². The summed E-state index contributed by atoms with van der Waals surface area (Å²) in [7, 11) is 2.19. The van der Waals surface area contributed by atoms with Crippen molar-refractivity contribution in [1.82, 2.24) is 28.8 Å². The molecule has 44 heavy (non-hydrogen) atoms. The van der Waals surface area contributed by atoms with Gasteiger partial charge in [0.15, 0.2) is 12.3 Å². The lowest BCUT2D eigenvalue weighted by molar-refractivity contribution is -0.121. The third-order valence-corrected chi connectivity index (χ3v) is 8.97. The maximum atomic E-state index is 13.6. The van der Waals surface area contributed by atoms with Crippen LogP contribution >= 0.6 is 0 Å².